The molecule has 132 valence electrons. The molecule has 6 heteroatoms. The number of primary amides is 1. The molecule has 0 unspecified atom stereocenters. The van der Waals surface area contributed by atoms with E-state index in [1.807, 2.05) is 29.2 Å². The minimum atomic E-state index is -0.423. The molecule has 1 aromatic rings. The highest BCUT2D eigenvalue weighted by Crippen LogP contribution is 2.31. The van der Waals surface area contributed by atoms with Crippen LogP contribution in [0.3, 0.4) is 0 Å². The fourth-order valence-corrected chi connectivity index (χ4v) is 3.22. The van der Waals surface area contributed by atoms with Crippen molar-refractivity contribution in [1.82, 2.24) is 9.80 Å². The molecule has 1 saturated heterocycles. The van der Waals surface area contributed by atoms with Crippen molar-refractivity contribution in [2.45, 2.75) is 31.7 Å². The molecule has 1 atom stereocenters. The molecule has 2 N–H and O–H groups in total. The lowest BCUT2D eigenvalue weighted by Gasteiger charge is -2.32. The lowest BCUT2D eigenvalue weighted by Crippen LogP contribution is -2.43. The number of ether oxygens (including phenoxy) is 1. The van der Waals surface area contributed by atoms with Crippen LogP contribution in [0.15, 0.2) is 24.3 Å². The average molecular weight is 333 g/mol. The van der Waals surface area contributed by atoms with Gasteiger partial charge in [-0.3, -0.25) is 14.5 Å². The van der Waals surface area contributed by atoms with Crippen molar-refractivity contribution in [2.75, 3.05) is 33.8 Å². The summed E-state index contributed by atoms with van der Waals surface area (Å²) in [6, 6.07) is 8.00. The molecule has 0 aromatic heterocycles. The molecule has 1 heterocycles. The Morgan fingerprint density at radius 3 is 2.54 bits per heavy atom. The minimum absolute atomic E-state index is 0.0430. The number of amides is 2. The van der Waals surface area contributed by atoms with Gasteiger partial charge in [0.1, 0.15) is 5.75 Å². The van der Waals surface area contributed by atoms with Crippen LogP contribution in [0, 0.1) is 0 Å². The van der Waals surface area contributed by atoms with Crippen LogP contribution in [0.1, 0.15) is 37.3 Å². The van der Waals surface area contributed by atoms with Gasteiger partial charge in [0.25, 0.3) is 0 Å². The number of likely N-dealkylation sites (tertiary alicyclic amines) is 1. The van der Waals surface area contributed by atoms with Crippen molar-refractivity contribution in [2.24, 2.45) is 5.73 Å². The molecule has 2 rings (SSSR count). The average Bonchev–Trinajstić information content (AvgIpc) is 2.80. The molecular weight excluding hydrogens is 306 g/mol. The smallest absolute Gasteiger partial charge is 0.237 e. The van der Waals surface area contributed by atoms with Crippen LogP contribution in [-0.4, -0.2) is 55.4 Å². The zero-order chi connectivity index (χ0) is 17.5. The van der Waals surface area contributed by atoms with Crippen molar-refractivity contribution in [3.8, 4) is 5.75 Å². The lowest BCUT2D eigenvalue weighted by molar-refractivity contribution is -0.134. The van der Waals surface area contributed by atoms with E-state index in [1.54, 1.807) is 19.1 Å². The minimum Gasteiger partial charge on any atom is -0.497 e. The number of benzene rings is 1. The standard InChI is InChI=1S/C18H27N3O3/c1-20(12-17(19)22)13-18(23)21-11-5-3-4-6-16(21)14-7-9-15(24-2)10-8-14/h7-10,16H,3-6,11-13H2,1-2H3,(H2,19,22)/t16-/m0/s1. The maximum atomic E-state index is 12.8. The largest absolute Gasteiger partial charge is 0.497 e. The van der Waals surface area contributed by atoms with Crippen LogP contribution in [-0.2, 0) is 9.59 Å². The van der Waals surface area contributed by atoms with Gasteiger partial charge in [-0.1, -0.05) is 25.0 Å². The zero-order valence-electron chi connectivity index (χ0n) is 14.5. The predicted molar refractivity (Wildman–Crippen MR) is 92.6 cm³/mol. The first-order valence-electron chi connectivity index (χ1n) is 8.41. The molecule has 0 saturated carbocycles. The summed E-state index contributed by atoms with van der Waals surface area (Å²) >= 11 is 0. The first-order chi connectivity index (χ1) is 11.5. The normalized spacial score (nSPS) is 18.3. The number of carbonyl (C=O) groups excluding carboxylic acids is 2. The van der Waals surface area contributed by atoms with Gasteiger partial charge < -0.3 is 15.4 Å². The molecule has 0 aliphatic carbocycles. The van der Waals surface area contributed by atoms with E-state index in [1.165, 1.54) is 0 Å². The van der Waals surface area contributed by atoms with E-state index in [9.17, 15) is 9.59 Å². The van der Waals surface area contributed by atoms with Gasteiger partial charge in [0.2, 0.25) is 11.8 Å². The number of rotatable bonds is 6. The summed E-state index contributed by atoms with van der Waals surface area (Å²) in [5, 5.41) is 0. The highest BCUT2D eigenvalue weighted by atomic mass is 16.5. The SMILES string of the molecule is COc1ccc([C@@H]2CCCCCN2C(=O)CN(C)CC(N)=O)cc1. The van der Waals surface area contributed by atoms with E-state index in [4.69, 9.17) is 10.5 Å². The molecule has 24 heavy (non-hydrogen) atoms. The monoisotopic (exact) mass is 333 g/mol. The molecule has 0 radical (unpaired) electrons. The third kappa shape index (κ3) is 4.96. The van der Waals surface area contributed by atoms with Crippen molar-refractivity contribution >= 4 is 11.8 Å². The second-order valence-corrected chi connectivity index (χ2v) is 6.36. The Hall–Kier alpha value is -2.08. The van der Waals surface area contributed by atoms with Gasteiger partial charge >= 0.3 is 0 Å². The second-order valence-electron chi connectivity index (χ2n) is 6.36. The van der Waals surface area contributed by atoms with Crippen LogP contribution in [0.5, 0.6) is 5.75 Å². The molecule has 1 aliphatic rings. The van der Waals surface area contributed by atoms with Gasteiger partial charge in [0.15, 0.2) is 0 Å². The molecule has 2 amide bonds. The quantitative estimate of drug-likeness (QED) is 0.857. The maximum absolute atomic E-state index is 12.8. The molecule has 0 bridgehead atoms. The fraction of sp³-hybridized carbons (Fsp3) is 0.556. The van der Waals surface area contributed by atoms with Crippen molar-refractivity contribution in [3.63, 3.8) is 0 Å². The van der Waals surface area contributed by atoms with Crippen LogP contribution < -0.4 is 10.5 Å². The Labute approximate surface area is 143 Å². The van der Waals surface area contributed by atoms with E-state index in [-0.39, 0.29) is 25.0 Å². The van der Waals surface area contributed by atoms with Crippen LogP contribution in [0.25, 0.3) is 0 Å². The van der Waals surface area contributed by atoms with Crippen molar-refractivity contribution < 1.29 is 14.3 Å². The Balaban J connectivity index is 2.13. The van der Waals surface area contributed by atoms with Gasteiger partial charge in [-0.25, -0.2) is 0 Å². The van der Waals surface area contributed by atoms with Crippen LogP contribution in [0.4, 0.5) is 0 Å². The highest BCUT2D eigenvalue weighted by Gasteiger charge is 2.27. The lowest BCUT2D eigenvalue weighted by atomic mass is 10.0. The van der Waals surface area contributed by atoms with Gasteiger partial charge in [-0.05, 0) is 37.6 Å². The number of hydrogen-bond donors (Lipinski definition) is 1. The van der Waals surface area contributed by atoms with Gasteiger partial charge in [0.05, 0.1) is 26.2 Å². The van der Waals surface area contributed by atoms with Gasteiger partial charge in [-0.15, -0.1) is 0 Å². The molecule has 0 spiro atoms. The Morgan fingerprint density at radius 1 is 1.21 bits per heavy atom. The summed E-state index contributed by atoms with van der Waals surface area (Å²) in [6.07, 6.45) is 4.21. The molecule has 1 aliphatic heterocycles. The maximum Gasteiger partial charge on any atom is 0.237 e. The number of nitrogens with two attached hydrogens (primary N) is 1. The first kappa shape index (κ1) is 18.3. The number of hydrogen-bond acceptors (Lipinski definition) is 4. The highest BCUT2D eigenvalue weighted by molar-refractivity contribution is 5.80. The number of carbonyl (C=O) groups is 2. The molecular formula is C18H27N3O3. The molecule has 1 fully saturated rings. The van der Waals surface area contributed by atoms with E-state index in [0.29, 0.717) is 0 Å². The number of nitrogens with zero attached hydrogens (tertiary/aromatic N) is 2. The third-order valence-electron chi connectivity index (χ3n) is 4.40. The van der Waals surface area contributed by atoms with Crippen molar-refractivity contribution in [3.05, 3.63) is 29.8 Å². The Kier molecular flexibility index (Phi) is 6.61. The second kappa shape index (κ2) is 8.68. The van der Waals surface area contributed by atoms with Crippen LogP contribution in [0.2, 0.25) is 0 Å². The summed E-state index contributed by atoms with van der Waals surface area (Å²) in [7, 11) is 3.38. The zero-order valence-corrected chi connectivity index (χ0v) is 14.5. The van der Waals surface area contributed by atoms with Gasteiger partial charge in [-0.2, -0.15) is 0 Å². The van der Waals surface area contributed by atoms with E-state index >= 15 is 0 Å². The summed E-state index contributed by atoms with van der Waals surface area (Å²) in [5.74, 6) is 0.431. The van der Waals surface area contributed by atoms with E-state index in [0.717, 1.165) is 43.5 Å². The van der Waals surface area contributed by atoms with E-state index < -0.39 is 5.91 Å². The third-order valence-corrected chi connectivity index (χ3v) is 4.40. The summed E-state index contributed by atoms with van der Waals surface area (Å²) in [4.78, 5) is 27.4. The predicted octanol–water partition coefficient (Wildman–Crippen LogP) is 1.56. The first-order valence-corrected chi connectivity index (χ1v) is 8.41. The van der Waals surface area contributed by atoms with Gasteiger partial charge in [0, 0.05) is 6.54 Å². The molecule has 1 aromatic carbocycles. The number of methoxy groups -OCH3 is 1. The van der Waals surface area contributed by atoms with E-state index in [2.05, 4.69) is 0 Å². The fourth-order valence-electron chi connectivity index (χ4n) is 3.22. The molecule has 6 nitrogen and oxygen atoms in total. The van der Waals surface area contributed by atoms with Crippen molar-refractivity contribution in [1.29, 1.82) is 0 Å². The summed E-state index contributed by atoms with van der Waals surface area (Å²) < 4.78 is 5.21. The Morgan fingerprint density at radius 2 is 1.92 bits per heavy atom. The van der Waals surface area contributed by atoms with Crippen LogP contribution >= 0.6 is 0 Å². The number of likely N-dealkylation sites (N-methyl/N-ethyl adjacent to an activating group) is 1. The topological polar surface area (TPSA) is 75.9 Å². The summed E-state index contributed by atoms with van der Waals surface area (Å²) in [6.45, 7) is 1.04. The summed E-state index contributed by atoms with van der Waals surface area (Å²) in [5.41, 5.74) is 6.33. The Bertz CT molecular complexity index is 559.